The number of aryl methyl sites for hydroxylation is 1. The highest BCUT2D eigenvalue weighted by atomic mass is 16.3. The van der Waals surface area contributed by atoms with Crippen LogP contribution in [0.5, 0.6) is 0 Å². The van der Waals surface area contributed by atoms with E-state index in [1.165, 1.54) is 24.0 Å². The zero-order valence-corrected chi connectivity index (χ0v) is 11.9. The van der Waals surface area contributed by atoms with E-state index < -0.39 is 5.60 Å². The number of fused-ring (bicyclic) bond motifs is 1. The first kappa shape index (κ1) is 13.1. The van der Waals surface area contributed by atoms with Crippen LogP contribution in [0, 0.1) is 11.3 Å². The lowest BCUT2D eigenvalue weighted by molar-refractivity contribution is -0.0835. The van der Waals surface area contributed by atoms with Crippen molar-refractivity contribution < 1.29 is 5.11 Å². The van der Waals surface area contributed by atoms with E-state index in [0.29, 0.717) is 6.54 Å². The minimum absolute atomic E-state index is 0.135. The van der Waals surface area contributed by atoms with Crippen molar-refractivity contribution in [1.82, 2.24) is 0 Å². The third kappa shape index (κ3) is 2.32. The summed E-state index contributed by atoms with van der Waals surface area (Å²) >= 11 is 0. The molecule has 3 rings (SSSR count). The SMILES string of the molecule is CC(O)(CC1CC1)C1(CN)CCc2ccccc2C1. The Morgan fingerprint density at radius 1 is 1.32 bits per heavy atom. The number of benzene rings is 1. The van der Waals surface area contributed by atoms with E-state index in [4.69, 9.17) is 5.73 Å². The number of rotatable bonds is 4. The third-order valence-electron chi connectivity index (χ3n) is 5.44. The van der Waals surface area contributed by atoms with Crippen LogP contribution in [0.3, 0.4) is 0 Å². The van der Waals surface area contributed by atoms with Gasteiger partial charge in [-0.2, -0.15) is 0 Å². The average molecular weight is 259 g/mol. The van der Waals surface area contributed by atoms with Gasteiger partial charge in [0.05, 0.1) is 5.60 Å². The number of hydrogen-bond donors (Lipinski definition) is 2. The highest BCUT2D eigenvalue weighted by Crippen LogP contribution is 2.49. The lowest BCUT2D eigenvalue weighted by Crippen LogP contribution is -2.54. The molecule has 0 radical (unpaired) electrons. The van der Waals surface area contributed by atoms with Gasteiger partial charge in [-0.1, -0.05) is 37.1 Å². The molecule has 0 bridgehead atoms. The molecule has 2 aliphatic carbocycles. The molecule has 2 nitrogen and oxygen atoms in total. The summed E-state index contributed by atoms with van der Waals surface area (Å²) in [6.07, 6.45) is 6.49. The monoisotopic (exact) mass is 259 g/mol. The molecule has 2 aliphatic rings. The number of nitrogens with two attached hydrogens (primary N) is 1. The molecule has 1 aromatic rings. The summed E-state index contributed by atoms with van der Waals surface area (Å²) in [7, 11) is 0. The van der Waals surface area contributed by atoms with Gasteiger partial charge in [-0.05, 0) is 49.7 Å². The standard InChI is InChI=1S/C17H25NO/c1-16(19,10-13-6-7-13)17(12-18)9-8-14-4-2-3-5-15(14)11-17/h2-5,13,19H,6-12,18H2,1H3. The first-order chi connectivity index (χ1) is 9.06. The van der Waals surface area contributed by atoms with Crippen molar-refractivity contribution in [3.05, 3.63) is 35.4 Å². The van der Waals surface area contributed by atoms with Gasteiger partial charge in [-0.15, -0.1) is 0 Å². The lowest BCUT2D eigenvalue weighted by atomic mass is 9.61. The molecule has 0 aliphatic heterocycles. The molecule has 1 aromatic carbocycles. The van der Waals surface area contributed by atoms with Crippen molar-refractivity contribution in [1.29, 1.82) is 0 Å². The minimum atomic E-state index is -0.629. The summed E-state index contributed by atoms with van der Waals surface area (Å²) in [6.45, 7) is 2.60. The van der Waals surface area contributed by atoms with Gasteiger partial charge in [-0.25, -0.2) is 0 Å². The first-order valence-corrected chi connectivity index (χ1v) is 7.56. The van der Waals surface area contributed by atoms with Crippen LogP contribution in [-0.2, 0) is 12.8 Å². The Balaban J connectivity index is 1.88. The maximum absolute atomic E-state index is 11.0. The van der Waals surface area contributed by atoms with Crippen molar-refractivity contribution >= 4 is 0 Å². The van der Waals surface area contributed by atoms with E-state index in [-0.39, 0.29) is 5.41 Å². The molecule has 2 unspecified atom stereocenters. The molecule has 104 valence electrons. The van der Waals surface area contributed by atoms with Crippen LogP contribution in [0.2, 0.25) is 0 Å². The second-order valence-corrected chi connectivity index (χ2v) is 6.85. The normalized spacial score (nSPS) is 29.6. The smallest absolute Gasteiger partial charge is 0.0693 e. The molecule has 0 saturated heterocycles. The summed E-state index contributed by atoms with van der Waals surface area (Å²) in [5.41, 5.74) is 8.18. The zero-order chi connectivity index (χ0) is 13.5. The van der Waals surface area contributed by atoms with Crippen LogP contribution in [0.25, 0.3) is 0 Å². The molecule has 0 heterocycles. The fourth-order valence-electron chi connectivity index (χ4n) is 3.76. The van der Waals surface area contributed by atoms with Crippen molar-refractivity contribution in [2.45, 2.75) is 51.0 Å². The van der Waals surface area contributed by atoms with Gasteiger partial charge in [0, 0.05) is 12.0 Å². The molecule has 2 heteroatoms. The fraction of sp³-hybridized carbons (Fsp3) is 0.647. The van der Waals surface area contributed by atoms with Crippen molar-refractivity contribution in [3.8, 4) is 0 Å². The van der Waals surface area contributed by atoms with Crippen LogP contribution in [0.1, 0.15) is 43.7 Å². The van der Waals surface area contributed by atoms with Gasteiger partial charge in [0.2, 0.25) is 0 Å². The molecule has 2 atom stereocenters. The molecule has 3 N–H and O–H groups in total. The first-order valence-electron chi connectivity index (χ1n) is 7.56. The Bertz CT molecular complexity index is 464. The fourth-order valence-corrected chi connectivity index (χ4v) is 3.76. The van der Waals surface area contributed by atoms with Gasteiger partial charge in [-0.3, -0.25) is 0 Å². The summed E-state index contributed by atoms with van der Waals surface area (Å²) < 4.78 is 0. The molecular weight excluding hydrogens is 234 g/mol. The maximum Gasteiger partial charge on any atom is 0.0693 e. The Morgan fingerprint density at radius 3 is 2.63 bits per heavy atom. The molecule has 1 fully saturated rings. The lowest BCUT2D eigenvalue weighted by Gasteiger charge is -2.48. The third-order valence-corrected chi connectivity index (χ3v) is 5.44. The second kappa shape index (κ2) is 4.60. The van der Waals surface area contributed by atoms with E-state index >= 15 is 0 Å². The zero-order valence-electron chi connectivity index (χ0n) is 11.9. The van der Waals surface area contributed by atoms with Gasteiger partial charge in [0.25, 0.3) is 0 Å². The summed E-state index contributed by atoms with van der Waals surface area (Å²) in [5, 5.41) is 11.0. The molecule has 0 amide bonds. The minimum Gasteiger partial charge on any atom is -0.390 e. The Labute approximate surface area is 116 Å². The summed E-state index contributed by atoms with van der Waals surface area (Å²) in [4.78, 5) is 0. The number of hydrogen-bond acceptors (Lipinski definition) is 2. The van der Waals surface area contributed by atoms with Gasteiger partial charge >= 0.3 is 0 Å². The maximum atomic E-state index is 11.0. The second-order valence-electron chi connectivity index (χ2n) is 6.85. The average Bonchev–Trinajstić information content (AvgIpc) is 3.21. The van der Waals surface area contributed by atoms with E-state index in [1.807, 2.05) is 6.92 Å². The van der Waals surface area contributed by atoms with Crippen LogP contribution in [-0.4, -0.2) is 17.3 Å². The Morgan fingerprint density at radius 2 is 2.00 bits per heavy atom. The van der Waals surface area contributed by atoms with Gasteiger partial charge in [0.1, 0.15) is 0 Å². The molecule has 0 spiro atoms. The van der Waals surface area contributed by atoms with E-state index in [2.05, 4.69) is 24.3 Å². The quantitative estimate of drug-likeness (QED) is 0.873. The van der Waals surface area contributed by atoms with E-state index in [1.54, 1.807) is 0 Å². The van der Waals surface area contributed by atoms with Crippen molar-refractivity contribution in [2.24, 2.45) is 17.1 Å². The summed E-state index contributed by atoms with van der Waals surface area (Å²) in [5.74, 6) is 0.732. The van der Waals surface area contributed by atoms with Gasteiger partial charge < -0.3 is 10.8 Å². The Kier molecular flexibility index (Phi) is 3.18. The van der Waals surface area contributed by atoms with Crippen LogP contribution in [0.15, 0.2) is 24.3 Å². The molecule has 1 saturated carbocycles. The predicted molar refractivity (Wildman–Crippen MR) is 77.9 cm³/mol. The topological polar surface area (TPSA) is 46.2 Å². The van der Waals surface area contributed by atoms with E-state index in [0.717, 1.165) is 31.6 Å². The molecule has 0 aromatic heterocycles. The van der Waals surface area contributed by atoms with Crippen LogP contribution in [0.4, 0.5) is 0 Å². The summed E-state index contributed by atoms with van der Waals surface area (Å²) in [6, 6.07) is 8.62. The van der Waals surface area contributed by atoms with Crippen LogP contribution < -0.4 is 5.73 Å². The van der Waals surface area contributed by atoms with Gasteiger partial charge in [0.15, 0.2) is 0 Å². The van der Waals surface area contributed by atoms with E-state index in [9.17, 15) is 5.11 Å². The largest absolute Gasteiger partial charge is 0.390 e. The predicted octanol–water partition coefficient (Wildman–Crippen LogP) is 2.67. The molecular formula is C17H25NO. The van der Waals surface area contributed by atoms with Crippen LogP contribution >= 0.6 is 0 Å². The van der Waals surface area contributed by atoms with Crippen molar-refractivity contribution in [2.75, 3.05) is 6.54 Å². The van der Waals surface area contributed by atoms with Crippen molar-refractivity contribution in [3.63, 3.8) is 0 Å². The highest BCUT2D eigenvalue weighted by molar-refractivity contribution is 5.32. The number of aliphatic hydroxyl groups is 1. The molecule has 19 heavy (non-hydrogen) atoms. The Hall–Kier alpha value is -0.860. The highest BCUT2D eigenvalue weighted by Gasteiger charge is 2.49.